The Labute approximate surface area is 183 Å². The minimum Gasteiger partial charge on any atom is -0.494 e. The second-order valence-corrected chi connectivity index (χ2v) is 7.49. The van der Waals surface area contributed by atoms with E-state index in [4.69, 9.17) is 31.5 Å². The van der Waals surface area contributed by atoms with Gasteiger partial charge < -0.3 is 14.2 Å². The maximum absolute atomic E-state index is 13.2. The van der Waals surface area contributed by atoms with Crippen molar-refractivity contribution in [3.63, 3.8) is 0 Å². The van der Waals surface area contributed by atoms with Crippen LogP contribution in [-0.2, 0) is 5.72 Å². The molecule has 1 atom stereocenters. The van der Waals surface area contributed by atoms with Crippen LogP contribution in [0, 0.1) is 0 Å². The van der Waals surface area contributed by atoms with Gasteiger partial charge in [-0.1, -0.05) is 6.07 Å². The van der Waals surface area contributed by atoms with Crippen LogP contribution in [0.1, 0.15) is 41.0 Å². The fraction of sp³-hybridized carbons (Fsp3) is 0.333. The van der Waals surface area contributed by atoms with Crippen LogP contribution < -0.4 is 19.9 Å². The molecule has 0 fully saturated rings. The van der Waals surface area contributed by atoms with Gasteiger partial charge in [-0.25, -0.2) is 5.10 Å². The largest absolute Gasteiger partial charge is 0.494 e. The van der Waals surface area contributed by atoms with E-state index in [2.05, 4.69) is 20.6 Å². The zero-order chi connectivity index (χ0) is 21.7. The SMILES string of the molecule is NC1(c2nnn[nH]2)COc2cccc(C(=O)c3ccc(OCCCCCCl)cc3)c2O1. The maximum Gasteiger partial charge on any atom is 0.254 e. The Morgan fingerprint density at radius 2 is 2.03 bits per heavy atom. The number of alkyl halides is 1. The van der Waals surface area contributed by atoms with Crippen molar-refractivity contribution in [1.82, 2.24) is 20.6 Å². The number of aromatic nitrogens is 4. The van der Waals surface area contributed by atoms with E-state index in [1.54, 1.807) is 42.5 Å². The predicted octanol–water partition coefficient (Wildman–Crippen LogP) is 2.80. The van der Waals surface area contributed by atoms with Crippen molar-refractivity contribution in [3.05, 3.63) is 59.4 Å². The number of fused-ring (bicyclic) bond motifs is 1. The normalized spacial score (nSPS) is 17.4. The lowest BCUT2D eigenvalue weighted by Crippen LogP contribution is -2.51. The molecule has 2 heterocycles. The number of carbonyl (C=O) groups is 1. The summed E-state index contributed by atoms with van der Waals surface area (Å²) < 4.78 is 17.4. The number of aromatic amines is 1. The molecule has 0 aliphatic carbocycles. The molecule has 4 rings (SSSR count). The van der Waals surface area contributed by atoms with Crippen LogP contribution in [0.3, 0.4) is 0 Å². The molecular formula is C21H22ClN5O4. The van der Waals surface area contributed by atoms with Crippen LogP contribution in [0.2, 0.25) is 0 Å². The minimum atomic E-state index is -1.44. The lowest BCUT2D eigenvalue weighted by atomic mass is 10.0. The number of H-pyrrole nitrogens is 1. The van der Waals surface area contributed by atoms with Gasteiger partial charge in [0.25, 0.3) is 5.72 Å². The second-order valence-electron chi connectivity index (χ2n) is 7.11. The summed E-state index contributed by atoms with van der Waals surface area (Å²) in [4.78, 5) is 13.2. The van der Waals surface area contributed by atoms with Crippen molar-refractivity contribution in [2.75, 3.05) is 19.1 Å². The molecule has 0 spiro atoms. The first kappa shape index (κ1) is 21.1. The van der Waals surface area contributed by atoms with Crippen molar-refractivity contribution < 1.29 is 19.0 Å². The number of para-hydroxylation sites is 1. The van der Waals surface area contributed by atoms with Crippen molar-refractivity contribution in [2.45, 2.75) is 25.0 Å². The Bertz CT molecular complexity index is 1030. The first-order chi connectivity index (χ1) is 15.1. The number of halogens is 1. The molecule has 3 N–H and O–H groups in total. The Hall–Kier alpha value is -3.17. The average molecular weight is 444 g/mol. The zero-order valence-electron chi connectivity index (χ0n) is 16.7. The molecule has 1 aliphatic rings. The van der Waals surface area contributed by atoms with Crippen molar-refractivity contribution in [1.29, 1.82) is 0 Å². The Morgan fingerprint density at radius 3 is 2.77 bits per heavy atom. The fourth-order valence-corrected chi connectivity index (χ4v) is 3.38. The number of unbranched alkanes of at least 4 members (excludes halogenated alkanes) is 2. The third-order valence-electron chi connectivity index (χ3n) is 4.86. The van der Waals surface area contributed by atoms with E-state index in [0.717, 1.165) is 19.3 Å². The van der Waals surface area contributed by atoms with E-state index < -0.39 is 5.72 Å². The molecule has 10 heteroatoms. The van der Waals surface area contributed by atoms with Gasteiger partial charge in [0.15, 0.2) is 17.3 Å². The predicted molar refractivity (Wildman–Crippen MR) is 113 cm³/mol. The van der Waals surface area contributed by atoms with Crippen LogP contribution in [-0.4, -0.2) is 45.5 Å². The highest BCUT2D eigenvalue weighted by atomic mass is 35.5. The van der Waals surface area contributed by atoms with Gasteiger partial charge in [-0.15, -0.1) is 16.7 Å². The molecule has 2 aromatic carbocycles. The summed E-state index contributed by atoms with van der Waals surface area (Å²) in [6.45, 7) is 0.599. The van der Waals surface area contributed by atoms with E-state index in [-0.39, 0.29) is 24.0 Å². The molecule has 1 unspecified atom stereocenters. The van der Waals surface area contributed by atoms with Gasteiger partial charge in [0.1, 0.15) is 12.4 Å². The summed E-state index contributed by atoms with van der Waals surface area (Å²) in [6, 6.07) is 12.1. The van der Waals surface area contributed by atoms with Crippen molar-refractivity contribution in [3.8, 4) is 17.2 Å². The summed E-state index contributed by atoms with van der Waals surface area (Å²) in [5.41, 5.74) is 5.67. The van der Waals surface area contributed by atoms with Gasteiger partial charge in [-0.05, 0) is 66.1 Å². The molecule has 9 nitrogen and oxygen atoms in total. The Kier molecular flexibility index (Phi) is 6.34. The number of nitrogens with one attached hydrogen (secondary N) is 1. The monoisotopic (exact) mass is 443 g/mol. The van der Waals surface area contributed by atoms with Crippen LogP contribution >= 0.6 is 11.6 Å². The molecule has 3 aromatic rings. The molecule has 1 aromatic heterocycles. The van der Waals surface area contributed by atoms with Gasteiger partial charge in [-0.2, -0.15) is 0 Å². The van der Waals surface area contributed by atoms with Crippen molar-refractivity contribution >= 4 is 17.4 Å². The minimum absolute atomic E-state index is 0.00849. The van der Waals surface area contributed by atoms with Crippen molar-refractivity contribution in [2.24, 2.45) is 5.73 Å². The maximum atomic E-state index is 13.2. The van der Waals surface area contributed by atoms with Crippen LogP contribution in [0.15, 0.2) is 42.5 Å². The first-order valence-electron chi connectivity index (χ1n) is 9.92. The highest BCUT2D eigenvalue weighted by molar-refractivity contribution is 6.17. The van der Waals surface area contributed by atoms with Gasteiger partial charge in [0, 0.05) is 11.4 Å². The lowest BCUT2D eigenvalue weighted by Gasteiger charge is -2.33. The number of tetrazole rings is 1. The van der Waals surface area contributed by atoms with Crippen LogP contribution in [0.4, 0.5) is 0 Å². The fourth-order valence-electron chi connectivity index (χ4n) is 3.19. The smallest absolute Gasteiger partial charge is 0.254 e. The summed E-state index contributed by atoms with van der Waals surface area (Å²) in [6.07, 6.45) is 2.93. The van der Waals surface area contributed by atoms with Crippen LogP contribution in [0.25, 0.3) is 0 Å². The molecule has 0 saturated heterocycles. The standard InChI is InChI=1S/C21H22ClN5O4/c22-11-2-1-3-12-29-15-9-7-14(8-10-15)18(28)16-5-4-6-17-19(16)31-21(23,13-30-17)20-24-26-27-25-20/h4-10H,1-3,11-13,23H2,(H,24,25,26,27). The van der Waals surface area contributed by atoms with Gasteiger partial charge in [0.2, 0.25) is 5.82 Å². The molecule has 0 bridgehead atoms. The number of benzene rings is 2. The third-order valence-corrected chi connectivity index (χ3v) is 5.13. The van der Waals surface area contributed by atoms with Gasteiger partial charge >= 0.3 is 0 Å². The van der Waals surface area contributed by atoms with Gasteiger partial charge in [0.05, 0.1) is 12.2 Å². The summed E-state index contributed by atoms with van der Waals surface area (Å²) in [7, 11) is 0. The lowest BCUT2D eigenvalue weighted by molar-refractivity contribution is -0.0154. The number of nitrogens with two attached hydrogens (primary N) is 1. The molecule has 1 aliphatic heterocycles. The topological polar surface area (TPSA) is 125 Å². The summed E-state index contributed by atoms with van der Waals surface area (Å²) >= 11 is 5.67. The number of hydrogen-bond donors (Lipinski definition) is 2. The second kappa shape index (κ2) is 9.32. The summed E-state index contributed by atoms with van der Waals surface area (Å²) in [5.74, 6) is 2.02. The molecular weight excluding hydrogens is 422 g/mol. The number of rotatable bonds is 9. The quantitative estimate of drug-likeness (QED) is 0.294. The number of hydrogen-bond acceptors (Lipinski definition) is 8. The van der Waals surface area contributed by atoms with E-state index in [1.165, 1.54) is 0 Å². The molecule has 162 valence electrons. The zero-order valence-corrected chi connectivity index (χ0v) is 17.5. The number of nitrogens with zero attached hydrogens (tertiary/aromatic N) is 3. The van der Waals surface area contributed by atoms with Crippen LogP contribution in [0.5, 0.6) is 17.2 Å². The highest BCUT2D eigenvalue weighted by Gasteiger charge is 2.41. The van der Waals surface area contributed by atoms with Gasteiger partial charge in [-0.3, -0.25) is 10.5 Å². The van der Waals surface area contributed by atoms with E-state index >= 15 is 0 Å². The molecule has 0 amide bonds. The highest BCUT2D eigenvalue weighted by Crippen LogP contribution is 2.40. The number of ketones is 1. The molecule has 0 saturated carbocycles. The van der Waals surface area contributed by atoms with E-state index in [1.807, 2.05) is 0 Å². The Morgan fingerprint density at radius 1 is 1.19 bits per heavy atom. The Balaban J connectivity index is 1.50. The third kappa shape index (κ3) is 4.62. The average Bonchev–Trinajstić information content (AvgIpc) is 3.35. The van der Waals surface area contributed by atoms with E-state index in [9.17, 15) is 4.79 Å². The molecule has 0 radical (unpaired) electrons. The summed E-state index contributed by atoms with van der Waals surface area (Å²) in [5, 5.41) is 13.5. The first-order valence-corrected chi connectivity index (χ1v) is 10.5. The number of carbonyl (C=O) groups excluding carboxylic acids is 1. The van der Waals surface area contributed by atoms with E-state index in [0.29, 0.717) is 35.1 Å². The molecule has 31 heavy (non-hydrogen) atoms. The number of ether oxygens (including phenoxy) is 3.